The van der Waals surface area contributed by atoms with Crippen LogP contribution in [-0.2, 0) is 13.0 Å². The van der Waals surface area contributed by atoms with E-state index in [1.165, 1.54) is 6.07 Å². The van der Waals surface area contributed by atoms with Crippen LogP contribution in [0.4, 0.5) is 4.39 Å². The van der Waals surface area contributed by atoms with Gasteiger partial charge in [0, 0.05) is 19.0 Å². The maximum absolute atomic E-state index is 14.3. The van der Waals surface area contributed by atoms with E-state index >= 15 is 0 Å². The second-order valence-electron chi connectivity index (χ2n) is 6.36. The SMILES string of the molecule is CCc1ccc(-c2c(C(=O)NC3CC3)nn3c2OCCC3)cc1F. The van der Waals surface area contributed by atoms with E-state index in [2.05, 4.69) is 10.4 Å². The van der Waals surface area contributed by atoms with Crippen LogP contribution in [0.1, 0.15) is 42.2 Å². The number of rotatable bonds is 4. The van der Waals surface area contributed by atoms with Gasteiger partial charge in [-0.3, -0.25) is 4.79 Å². The summed E-state index contributed by atoms with van der Waals surface area (Å²) in [5.74, 6) is 0.0862. The fourth-order valence-electron chi connectivity index (χ4n) is 3.02. The van der Waals surface area contributed by atoms with Gasteiger partial charge in [0.1, 0.15) is 5.82 Å². The summed E-state index contributed by atoms with van der Waals surface area (Å²) < 4.78 is 21.7. The van der Waals surface area contributed by atoms with Crippen LogP contribution in [0.25, 0.3) is 11.1 Å². The lowest BCUT2D eigenvalue weighted by molar-refractivity contribution is 0.0945. The molecule has 1 amide bonds. The molecule has 1 aliphatic carbocycles. The summed E-state index contributed by atoms with van der Waals surface area (Å²) in [6, 6.07) is 5.32. The van der Waals surface area contributed by atoms with Crippen molar-refractivity contribution in [2.24, 2.45) is 0 Å². The summed E-state index contributed by atoms with van der Waals surface area (Å²) in [7, 11) is 0. The molecule has 6 heteroatoms. The van der Waals surface area contributed by atoms with E-state index < -0.39 is 0 Å². The molecular formula is C18H20FN3O2. The number of hydrogen-bond acceptors (Lipinski definition) is 3. The molecule has 0 unspecified atom stereocenters. The van der Waals surface area contributed by atoms with E-state index in [0.29, 0.717) is 47.8 Å². The van der Waals surface area contributed by atoms with Gasteiger partial charge in [0.05, 0.1) is 12.2 Å². The first-order valence-corrected chi connectivity index (χ1v) is 8.50. The first kappa shape index (κ1) is 15.2. The lowest BCUT2D eigenvalue weighted by Gasteiger charge is -2.16. The molecule has 1 saturated carbocycles. The zero-order valence-electron chi connectivity index (χ0n) is 13.6. The van der Waals surface area contributed by atoms with Gasteiger partial charge in [-0.2, -0.15) is 5.10 Å². The van der Waals surface area contributed by atoms with Crippen LogP contribution >= 0.6 is 0 Å². The molecule has 126 valence electrons. The van der Waals surface area contributed by atoms with Crippen LogP contribution in [0, 0.1) is 5.82 Å². The van der Waals surface area contributed by atoms with Gasteiger partial charge in [-0.15, -0.1) is 0 Å². The fraction of sp³-hybridized carbons (Fsp3) is 0.444. The molecule has 1 aromatic heterocycles. The molecule has 5 nitrogen and oxygen atoms in total. The number of halogens is 1. The Labute approximate surface area is 139 Å². The average Bonchev–Trinajstić information content (AvgIpc) is 3.31. The Morgan fingerprint density at radius 3 is 3.00 bits per heavy atom. The largest absolute Gasteiger partial charge is 0.477 e. The number of fused-ring (bicyclic) bond motifs is 1. The van der Waals surface area contributed by atoms with E-state index in [1.54, 1.807) is 10.7 Å². The first-order chi connectivity index (χ1) is 11.7. The number of hydrogen-bond donors (Lipinski definition) is 1. The molecule has 4 rings (SSSR count). The van der Waals surface area contributed by atoms with Gasteiger partial charge < -0.3 is 10.1 Å². The first-order valence-electron chi connectivity index (χ1n) is 8.50. The lowest BCUT2D eigenvalue weighted by Crippen LogP contribution is -2.26. The number of carbonyl (C=O) groups excluding carboxylic acids is 1. The Bertz CT molecular complexity index is 796. The van der Waals surface area contributed by atoms with Crippen molar-refractivity contribution in [3.8, 4) is 17.0 Å². The summed E-state index contributed by atoms with van der Waals surface area (Å²) in [5, 5.41) is 7.40. The predicted octanol–water partition coefficient (Wildman–Crippen LogP) is 2.93. The summed E-state index contributed by atoms with van der Waals surface area (Å²) in [6.07, 6.45) is 3.49. The Hall–Kier alpha value is -2.37. The molecule has 2 aliphatic rings. The predicted molar refractivity (Wildman–Crippen MR) is 87.6 cm³/mol. The van der Waals surface area contributed by atoms with Crippen LogP contribution in [0.3, 0.4) is 0 Å². The molecule has 24 heavy (non-hydrogen) atoms. The Balaban J connectivity index is 1.81. The van der Waals surface area contributed by atoms with E-state index in [1.807, 2.05) is 13.0 Å². The highest BCUT2D eigenvalue weighted by molar-refractivity contribution is 6.00. The third-order valence-electron chi connectivity index (χ3n) is 4.51. The van der Waals surface area contributed by atoms with Crippen molar-refractivity contribution < 1.29 is 13.9 Å². The van der Waals surface area contributed by atoms with Gasteiger partial charge in [0.15, 0.2) is 5.69 Å². The molecule has 1 aromatic carbocycles. The third-order valence-corrected chi connectivity index (χ3v) is 4.51. The minimum Gasteiger partial charge on any atom is -0.477 e. The maximum Gasteiger partial charge on any atom is 0.272 e. The molecule has 0 radical (unpaired) electrons. The van der Waals surface area contributed by atoms with E-state index in [0.717, 1.165) is 19.3 Å². The van der Waals surface area contributed by atoms with E-state index in [4.69, 9.17) is 4.74 Å². The highest BCUT2D eigenvalue weighted by Gasteiger charge is 2.31. The minimum absolute atomic E-state index is 0.210. The lowest BCUT2D eigenvalue weighted by atomic mass is 10.0. The number of amides is 1. The van der Waals surface area contributed by atoms with Gasteiger partial charge in [0.25, 0.3) is 5.91 Å². The molecule has 1 aliphatic heterocycles. The molecule has 2 aromatic rings. The number of aryl methyl sites for hydroxylation is 2. The normalized spacial score (nSPS) is 16.4. The summed E-state index contributed by atoms with van der Waals surface area (Å²) >= 11 is 0. The standard InChI is InChI=1S/C18H20FN3O2/c1-2-11-4-5-12(10-14(11)19)15-16(17(23)20-13-6-7-13)21-22-8-3-9-24-18(15)22/h4-5,10,13H,2-3,6-9H2,1H3,(H,20,23). The van der Waals surface area contributed by atoms with Crippen LogP contribution < -0.4 is 10.1 Å². The van der Waals surface area contributed by atoms with Crippen molar-refractivity contribution in [3.63, 3.8) is 0 Å². The molecule has 0 atom stereocenters. The van der Waals surface area contributed by atoms with Gasteiger partial charge >= 0.3 is 0 Å². The Morgan fingerprint density at radius 2 is 2.29 bits per heavy atom. The van der Waals surface area contributed by atoms with Crippen LogP contribution in [0.2, 0.25) is 0 Å². The van der Waals surface area contributed by atoms with Crippen molar-refractivity contribution in [1.82, 2.24) is 15.1 Å². The van der Waals surface area contributed by atoms with Gasteiger partial charge in [-0.1, -0.05) is 19.1 Å². The molecule has 1 N–H and O–H groups in total. The Morgan fingerprint density at radius 1 is 1.46 bits per heavy atom. The molecule has 2 heterocycles. The average molecular weight is 329 g/mol. The Kier molecular flexibility index (Phi) is 3.75. The van der Waals surface area contributed by atoms with Gasteiger partial charge in [0.2, 0.25) is 5.88 Å². The van der Waals surface area contributed by atoms with Crippen LogP contribution in [0.15, 0.2) is 18.2 Å². The van der Waals surface area contributed by atoms with Crippen molar-refractivity contribution in [2.45, 2.75) is 45.2 Å². The second-order valence-corrected chi connectivity index (χ2v) is 6.36. The van der Waals surface area contributed by atoms with Gasteiger partial charge in [-0.05, 0) is 36.5 Å². The number of nitrogens with zero attached hydrogens (tertiary/aromatic N) is 2. The zero-order chi connectivity index (χ0) is 16.7. The minimum atomic E-state index is -0.265. The monoisotopic (exact) mass is 329 g/mol. The molecule has 0 bridgehead atoms. The number of carbonyl (C=O) groups is 1. The highest BCUT2D eigenvalue weighted by Crippen LogP contribution is 2.36. The van der Waals surface area contributed by atoms with Crippen molar-refractivity contribution in [2.75, 3.05) is 6.61 Å². The van der Waals surface area contributed by atoms with E-state index in [-0.39, 0.29) is 17.8 Å². The van der Waals surface area contributed by atoms with Crippen molar-refractivity contribution in [3.05, 3.63) is 35.3 Å². The quantitative estimate of drug-likeness (QED) is 0.938. The van der Waals surface area contributed by atoms with Crippen molar-refractivity contribution >= 4 is 5.91 Å². The fourth-order valence-corrected chi connectivity index (χ4v) is 3.02. The molecule has 0 saturated heterocycles. The van der Waals surface area contributed by atoms with Gasteiger partial charge in [-0.25, -0.2) is 9.07 Å². The molecular weight excluding hydrogens is 309 g/mol. The maximum atomic E-state index is 14.3. The van der Waals surface area contributed by atoms with Crippen LogP contribution in [0.5, 0.6) is 5.88 Å². The number of nitrogens with one attached hydrogen (secondary N) is 1. The molecule has 0 spiro atoms. The third kappa shape index (κ3) is 2.66. The summed E-state index contributed by atoms with van der Waals surface area (Å²) in [6.45, 7) is 3.20. The van der Waals surface area contributed by atoms with Crippen LogP contribution in [-0.4, -0.2) is 28.3 Å². The van der Waals surface area contributed by atoms with Crippen molar-refractivity contribution in [1.29, 1.82) is 0 Å². The number of ether oxygens (including phenoxy) is 1. The second kappa shape index (κ2) is 5.92. The summed E-state index contributed by atoms with van der Waals surface area (Å²) in [5.41, 5.74) is 2.20. The number of benzene rings is 1. The number of aromatic nitrogens is 2. The summed E-state index contributed by atoms with van der Waals surface area (Å²) in [4.78, 5) is 12.6. The smallest absolute Gasteiger partial charge is 0.272 e. The van der Waals surface area contributed by atoms with E-state index in [9.17, 15) is 9.18 Å². The topological polar surface area (TPSA) is 56.2 Å². The molecule has 1 fully saturated rings. The highest BCUT2D eigenvalue weighted by atomic mass is 19.1. The zero-order valence-corrected chi connectivity index (χ0v) is 13.6.